The molecule has 5 atom stereocenters. The van der Waals surface area contributed by atoms with E-state index < -0.39 is 35.0 Å². The maximum atomic E-state index is 13.0. The van der Waals surface area contributed by atoms with Gasteiger partial charge in [-0.3, -0.25) is 4.79 Å². The van der Waals surface area contributed by atoms with Crippen molar-refractivity contribution in [2.24, 2.45) is 16.7 Å². The Morgan fingerprint density at radius 2 is 1.26 bits per heavy atom. The first kappa shape index (κ1) is 21.3. The first-order chi connectivity index (χ1) is 14.7. The quantitative estimate of drug-likeness (QED) is 0.647. The summed E-state index contributed by atoms with van der Waals surface area (Å²) in [7, 11) is 0. The highest BCUT2D eigenvalue weighted by Crippen LogP contribution is 2.61. The van der Waals surface area contributed by atoms with E-state index in [0.717, 1.165) is 12.8 Å². The molecule has 0 heterocycles. The summed E-state index contributed by atoms with van der Waals surface area (Å²) in [6, 6.07) is 17.6. The molecule has 31 heavy (non-hydrogen) atoms. The van der Waals surface area contributed by atoms with Gasteiger partial charge in [0.25, 0.3) is 0 Å². The lowest BCUT2D eigenvalue weighted by Gasteiger charge is -2.61. The number of esters is 2. The van der Waals surface area contributed by atoms with Crippen molar-refractivity contribution in [3.05, 3.63) is 71.8 Å². The second-order valence-corrected chi connectivity index (χ2v) is 9.41. The molecule has 2 aromatic rings. The molecule has 5 rings (SSSR count). The summed E-state index contributed by atoms with van der Waals surface area (Å²) in [5.74, 6) is -1.07. The van der Waals surface area contributed by atoms with Gasteiger partial charge < -0.3 is 9.47 Å². The molecule has 162 valence electrons. The molecular formula is C26H28O5. The number of rotatable bonds is 5. The zero-order chi connectivity index (χ0) is 22.2. The average molecular weight is 421 g/mol. The van der Waals surface area contributed by atoms with Crippen LogP contribution in [0.15, 0.2) is 60.7 Å². The fourth-order valence-corrected chi connectivity index (χ4v) is 5.36. The molecule has 3 saturated carbocycles. The summed E-state index contributed by atoms with van der Waals surface area (Å²) in [4.78, 5) is 38.4. The van der Waals surface area contributed by atoms with Crippen molar-refractivity contribution in [3.63, 3.8) is 0 Å². The highest BCUT2D eigenvalue weighted by atomic mass is 16.6. The van der Waals surface area contributed by atoms with Crippen LogP contribution in [0.4, 0.5) is 0 Å². The molecule has 2 aromatic carbocycles. The van der Waals surface area contributed by atoms with E-state index in [0.29, 0.717) is 17.5 Å². The topological polar surface area (TPSA) is 69.7 Å². The molecule has 3 aliphatic rings. The molecule has 0 spiro atoms. The Bertz CT molecular complexity index is 985. The van der Waals surface area contributed by atoms with E-state index in [2.05, 4.69) is 0 Å². The number of carbonyl (C=O) groups excluding carboxylic acids is 3. The van der Waals surface area contributed by atoms with Crippen molar-refractivity contribution in [1.82, 2.24) is 0 Å². The number of hydrogen-bond acceptors (Lipinski definition) is 5. The highest BCUT2D eigenvalue weighted by molar-refractivity contribution is 5.90. The van der Waals surface area contributed by atoms with Crippen LogP contribution in [-0.2, 0) is 14.3 Å². The van der Waals surface area contributed by atoms with E-state index in [4.69, 9.17) is 9.47 Å². The van der Waals surface area contributed by atoms with Gasteiger partial charge in [0.05, 0.1) is 11.1 Å². The Kier molecular flexibility index (Phi) is 5.46. The van der Waals surface area contributed by atoms with Gasteiger partial charge in [-0.15, -0.1) is 0 Å². The minimum absolute atomic E-state index is 0.0852. The van der Waals surface area contributed by atoms with Crippen molar-refractivity contribution in [3.8, 4) is 0 Å². The molecule has 5 nitrogen and oxygen atoms in total. The lowest BCUT2D eigenvalue weighted by molar-refractivity contribution is -0.215. The van der Waals surface area contributed by atoms with Crippen LogP contribution in [0.3, 0.4) is 0 Å². The predicted octanol–water partition coefficient (Wildman–Crippen LogP) is 4.85. The van der Waals surface area contributed by atoms with Gasteiger partial charge in [0.1, 0.15) is 18.0 Å². The van der Waals surface area contributed by atoms with E-state index >= 15 is 0 Å². The molecule has 0 aromatic heterocycles. The van der Waals surface area contributed by atoms with Crippen LogP contribution in [0.25, 0.3) is 0 Å². The van der Waals surface area contributed by atoms with E-state index in [9.17, 15) is 14.4 Å². The minimum Gasteiger partial charge on any atom is -0.454 e. The number of Topliss-reactive ketones (excluding diaryl/α,β-unsaturated/α-hetero) is 1. The molecule has 5 unspecified atom stereocenters. The Hall–Kier alpha value is -2.95. The van der Waals surface area contributed by atoms with Crippen LogP contribution in [0.1, 0.15) is 60.7 Å². The first-order valence-electron chi connectivity index (χ1n) is 10.8. The van der Waals surface area contributed by atoms with Crippen molar-refractivity contribution in [2.75, 3.05) is 0 Å². The van der Waals surface area contributed by atoms with Crippen molar-refractivity contribution >= 4 is 17.7 Å². The lowest BCUT2D eigenvalue weighted by Crippen LogP contribution is -2.66. The maximum absolute atomic E-state index is 13.0. The fourth-order valence-electron chi connectivity index (χ4n) is 5.36. The molecule has 0 saturated heterocycles. The van der Waals surface area contributed by atoms with Gasteiger partial charge in [-0.05, 0) is 50.5 Å². The number of fused-ring (bicyclic) bond motifs is 3. The third-order valence-corrected chi connectivity index (χ3v) is 7.29. The van der Waals surface area contributed by atoms with Crippen molar-refractivity contribution in [1.29, 1.82) is 0 Å². The molecule has 3 fully saturated rings. The molecular weight excluding hydrogens is 392 g/mol. The normalized spacial score (nSPS) is 31.6. The van der Waals surface area contributed by atoms with Crippen LogP contribution in [0.2, 0.25) is 0 Å². The summed E-state index contributed by atoms with van der Waals surface area (Å²) in [6.45, 7) is 5.62. The van der Waals surface area contributed by atoms with Gasteiger partial charge in [-0.1, -0.05) is 50.2 Å². The van der Waals surface area contributed by atoms with Gasteiger partial charge in [0.2, 0.25) is 0 Å². The summed E-state index contributed by atoms with van der Waals surface area (Å²) in [6.07, 6.45) is 0.834. The van der Waals surface area contributed by atoms with E-state index in [1.165, 1.54) is 0 Å². The molecule has 2 bridgehead atoms. The van der Waals surface area contributed by atoms with Crippen LogP contribution < -0.4 is 0 Å². The highest BCUT2D eigenvalue weighted by Gasteiger charge is 2.65. The number of hydrogen-bond donors (Lipinski definition) is 0. The Morgan fingerprint density at radius 3 is 1.74 bits per heavy atom. The molecule has 3 aliphatic carbocycles. The molecule has 0 aliphatic heterocycles. The average Bonchev–Trinajstić information content (AvgIpc) is 2.77. The zero-order valence-corrected chi connectivity index (χ0v) is 18.2. The van der Waals surface area contributed by atoms with Gasteiger partial charge in [0.15, 0.2) is 0 Å². The van der Waals surface area contributed by atoms with E-state index in [-0.39, 0.29) is 11.7 Å². The SMILES string of the molecule is CC(=O)C1CC2(C)CCC1(C)C(OC(=O)c1ccccc1)C2OC(=O)c1ccccc1. The van der Waals surface area contributed by atoms with Gasteiger partial charge in [0, 0.05) is 16.7 Å². The Labute approximate surface area is 182 Å². The third kappa shape index (κ3) is 3.78. The van der Waals surface area contributed by atoms with Gasteiger partial charge >= 0.3 is 11.9 Å². The second kappa shape index (κ2) is 7.95. The summed E-state index contributed by atoms with van der Waals surface area (Å²) in [5, 5.41) is 0. The van der Waals surface area contributed by atoms with Crippen molar-refractivity contribution in [2.45, 2.75) is 52.2 Å². The smallest absolute Gasteiger partial charge is 0.338 e. The lowest BCUT2D eigenvalue weighted by atomic mass is 9.47. The standard InChI is InChI=1S/C26H28O5/c1-17(27)20-16-25(2)14-15-26(20,3)22(31-24(29)19-12-8-5-9-13-19)21(25)30-23(28)18-10-6-4-7-11-18/h4-13,20-22H,14-16H2,1-3H3. The number of benzene rings is 2. The number of ether oxygens (including phenoxy) is 2. The number of carbonyl (C=O) groups is 3. The van der Waals surface area contributed by atoms with Crippen LogP contribution in [0.5, 0.6) is 0 Å². The van der Waals surface area contributed by atoms with Gasteiger partial charge in [-0.25, -0.2) is 9.59 Å². The summed E-state index contributed by atoms with van der Waals surface area (Å²) in [5.41, 5.74) is -0.144. The van der Waals surface area contributed by atoms with Crippen LogP contribution in [-0.4, -0.2) is 29.9 Å². The number of ketones is 1. The first-order valence-corrected chi connectivity index (χ1v) is 10.8. The van der Waals surface area contributed by atoms with Crippen LogP contribution >= 0.6 is 0 Å². The molecule has 0 radical (unpaired) electrons. The Morgan fingerprint density at radius 1 is 0.774 bits per heavy atom. The van der Waals surface area contributed by atoms with E-state index in [1.54, 1.807) is 55.5 Å². The summed E-state index contributed by atoms with van der Waals surface area (Å²) >= 11 is 0. The fraction of sp³-hybridized carbons (Fsp3) is 0.423. The minimum atomic E-state index is -0.700. The Balaban J connectivity index is 1.69. The molecule has 0 amide bonds. The van der Waals surface area contributed by atoms with E-state index in [1.807, 2.05) is 26.0 Å². The zero-order valence-electron chi connectivity index (χ0n) is 18.2. The second-order valence-electron chi connectivity index (χ2n) is 9.41. The molecule has 0 N–H and O–H groups in total. The van der Waals surface area contributed by atoms with Crippen molar-refractivity contribution < 1.29 is 23.9 Å². The third-order valence-electron chi connectivity index (χ3n) is 7.29. The maximum Gasteiger partial charge on any atom is 0.338 e. The predicted molar refractivity (Wildman–Crippen MR) is 116 cm³/mol. The van der Waals surface area contributed by atoms with Gasteiger partial charge in [-0.2, -0.15) is 0 Å². The molecule has 5 heteroatoms. The summed E-state index contributed by atoms with van der Waals surface area (Å²) < 4.78 is 12.1. The largest absolute Gasteiger partial charge is 0.454 e. The monoisotopic (exact) mass is 420 g/mol. The van der Waals surface area contributed by atoms with Crippen LogP contribution in [0, 0.1) is 16.7 Å².